The van der Waals surface area contributed by atoms with Crippen LogP contribution in [0.2, 0.25) is 0 Å². The lowest BCUT2D eigenvalue weighted by Gasteiger charge is -2.22. The van der Waals surface area contributed by atoms with Crippen LogP contribution >= 0.6 is 0 Å². The Bertz CT molecular complexity index is 1320. The van der Waals surface area contributed by atoms with E-state index in [9.17, 15) is 14.7 Å². The SMILES string of the molecule is O=c1[nH]c(=O)n(Cc2ccccc2)c(O)c1[C@@H]1[NH2+]CCc2c1[nH]c1ccccc21. The molecule has 1 aliphatic heterocycles. The van der Waals surface area contributed by atoms with Crippen LogP contribution in [-0.2, 0) is 13.0 Å². The molecule has 29 heavy (non-hydrogen) atoms. The van der Waals surface area contributed by atoms with Gasteiger partial charge in [-0.05, 0) is 17.2 Å². The number of fused-ring (bicyclic) bond motifs is 3. The van der Waals surface area contributed by atoms with Gasteiger partial charge in [0.1, 0.15) is 5.56 Å². The summed E-state index contributed by atoms with van der Waals surface area (Å²) in [6, 6.07) is 17.0. The third kappa shape index (κ3) is 2.87. The van der Waals surface area contributed by atoms with Crippen molar-refractivity contribution in [3.63, 3.8) is 0 Å². The molecule has 4 aromatic rings. The third-order valence-electron chi connectivity index (χ3n) is 5.66. The molecule has 2 aromatic heterocycles. The first-order valence-corrected chi connectivity index (χ1v) is 9.66. The molecule has 0 spiro atoms. The van der Waals surface area contributed by atoms with Gasteiger partial charge in [0.05, 0.1) is 18.8 Å². The van der Waals surface area contributed by atoms with Crippen molar-refractivity contribution in [3.05, 3.63) is 97.8 Å². The molecule has 2 aromatic carbocycles. The zero-order chi connectivity index (χ0) is 20.0. The molecule has 0 fully saturated rings. The summed E-state index contributed by atoms with van der Waals surface area (Å²) < 4.78 is 1.22. The zero-order valence-electron chi connectivity index (χ0n) is 15.7. The lowest BCUT2D eigenvalue weighted by molar-refractivity contribution is -0.690. The van der Waals surface area contributed by atoms with Crippen LogP contribution in [0.25, 0.3) is 10.9 Å². The van der Waals surface area contributed by atoms with Crippen molar-refractivity contribution >= 4 is 10.9 Å². The van der Waals surface area contributed by atoms with Crippen LogP contribution in [0.5, 0.6) is 5.88 Å². The number of aromatic nitrogens is 3. The van der Waals surface area contributed by atoms with Gasteiger partial charge < -0.3 is 15.4 Å². The molecule has 7 heteroatoms. The standard InChI is InChI=1S/C22H20N4O3/c27-20-17(21(28)26(22(29)25-20)12-13-6-2-1-3-7-13)19-18-15(10-11-23-19)14-8-4-5-9-16(14)24-18/h1-9,19,23-24,28H,10-12H2,(H,25,27,29)/p+1/t19-/m0/s1. The first-order valence-electron chi connectivity index (χ1n) is 9.66. The van der Waals surface area contributed by atoms with Crippen LogP contribution in [0.4, 0.5) is 0 Å². The van der Waals surface area contributed by atoms with E-state index in [0.29, 0.717) is 0 Å². The number of nitrogens with two attached hydrogens (primary N) is 1. The Morgan fingerprint density at radius 3 is 2.62 bits per heavy atom. The monoisotopic (exact) mass is 389 g/mol. The predicted molar refractivity (Wildman–Crippen MR) is 109 cm³/mol. The van der Waals surface area contributed by atoms with Crippen LogP contribution in [0.3, 0.4) is 0 Å². The van der Waals surface area contributed by atoms with Crippen molar-refractivity contribution in [2.24, 2.45) is 0 Å². The number of hydrogen-bond donors (Lipinski definition) is 4. The number of aromatic amines is 2. The second-order valence-corrected chi connectivity index (χ2v) is 7.38. The number of H-pyrrole nitrogens is 2. The van der Waals surface area contributed by atoms with Crippen molar-refractivity contribution in [1.82, 2.24) is 14.5 Å². The van der Waals surface area contributed by atoms with Gasteiger partial charge in [0.2, 0.25) is 5.88 Å². The van der Waals surface area contributed by atoms with Crippen LogP contribution in [0, 0.1) is 0 Å². The Hall–Kier alpha value is -3.58. The summed E-state index contributed by atoms with van der Waals surface area (Å²) in [5, 5.41) is 14.1. The molecular weight excluding hydrogens is 368 g/mol. The number of hydrogen-bond acceptors (Lipinski definition) is 3. The zero-order valence-corrected chi connectivity index (χ0v) is 15.7. The van der Waals surface area contributed by atoms with Crippen molar-refractivity contribution in [1.29, 1.82) is 0 Å². The summed E-state index contributed by atoms with van der Waals surface area (Å²) >= 11 is 0. The molecule has 0 radical (unpaired) electrons. The smallest absolute Gasteiger partial charge is 0.331 e. The topological polar surface area (TPSA) is 107 Å². The molecular formula is C22H21N4O3+. The highest BCUT2D eigenvalue weighted by Gasteiger charge is 2.34. The number of nitrogens with zero attached hydrogens (tertiary/aromatic N) is 1. The molecule has 0 aliphatic carbocycles. The maximum Gasteiger partial charge on any atom is 0.331 e. The van der Waals surface area contributed by atoms with E-state index in [1.807, 2.05) is 53.8 Å². The molecule has 1 aliphatic rings. The van der Waals surface area contributed by atoms with Crippen molar-refractivity contribution in [2.45, 2.75) is 19.0 Å². The first kappa shape index (κ1) is 17.5. The summed E-state index contributed by atoms with van der Waals surface area (Å²) in [6.45, 7) is 0.970. The average molecular weight is 389 g/mol. The lowest BCUT2D eigenvalue weighted by Crippen LogP contribution is -2.87. The highest BCUT2D eigenvalue weighted by atomic mass is 16.3. The van der Waals surface area contributed by atoms with Crippen LogP contribution in [0.15, 0.2) is 64.2 Å². The summed E-state index contributed by atoms with van der Waals surface area (Å²) in [4.78, 5) is 31.0. The van der Waals surface area contributed by atoms with E-state index in [1.165, 1.54) is 4.57 Å². The highest BCUT2D eigenvalue weighted by molar-refractivity contribution is 5.85. The van der Waals surface area contributed by atoms with E-state index < -0.39 is 17.3 Å². The summed E-state index contributed by atoms with van der Waals surface area (Å²) in [6.07, 6.45) is 0.873. The average Bonchev–Trinajstić information content (AvgIpc) is 3.11. The Labute approximate surface area is 165 Å². The Balaban J connectivity index is 1.67. The Morgan fingerprint density at radius 1 is 1.03 bits per heavy atom. The van der Waals surface area contributed by atoms with E-state index in [1.54, 1.807) is 0 Å². The van der Waals surface area contributed by atoms with Gasteiger partial charge in [0.25, 0.3) is 5.56 Å². The van der Waals surface area contributed by atoms with Crippen LogP contribution < -0.4 is 16.6 Å². The number of rotatable bonds is 3. The second kappa shape index (κ2) is 6.79. The van der Waals surface area contributed by atoms with E-state index in [2.05, 4.69) is 16.0 Å². The molecule has 7 nitrogen and oxygen atoms in total. The normalized spacial score (nSPS) is 16.1. The molecule has 3 heterocycles. The molecule has 0 saturated carbocycles. The largest absolute Gasteiger partial charge is 0.494 e. The fourth-order valence-corrected chi connectivity index (χ4v) is 4.30. The molecule has 0 bridgehead atoms. The number of quaternary nitrogens is 1. The summed E-state index contributed by atoms with van der Waals surface area (Å²) in [5.74, 6) is -0.282. The first-order chi connectivity index (χ1) is 14.1. The predicted octanol–water partition coefficient (Wildman–Crippen LogP) is 0.981. The van der Waals surface area contributed by atoms with E-state index >= 15 is 0 Å². The summed E-state index contributed by atoms with van der Waals surface area (Å²) in [7, 11) is 0. The molecule has 1 atom stereocenters. The number of aromatic hydroxyl groups is 1. The second-order valence-electron chi connectivity index (χ2n) is 7.38. The molecule has 5 rings (SSSR count). The van der Waals surface area contributed by atoms with Gasteiger partial charge in [-0.1, -0.05) is 48.5 Å². The highest BCUT2D eigenvalue weighted by Crippen LogP contribution is 2.31. The van der Waals surface area contributed by atoms with E-state index in [0.717, 1.165) is 40.7 Å². The van der Waals surface area contributed by atoms with E-state index in [-0.39, 0.29) is 18.0 Å². The molecule has 0 saturated heterocycles. The fraction of sp³-hybridized carbons (Fsp3) is 0.182. The van der Waals surface area contributed by atoms with Crippen molar-refractivity contribution < 1.29 is 10.4 Å². The third-order valence-corrected chi connectivity index (χ3v) is 5.66. The molecule has 146 valence electrons. The maximum atomic E-state index is 12.7. The number of benzene rings is 2. The lowest BCUT2D eigenvalue weighted by atomic mass is 9.95. The van der Waals surface area contributed by atoms with Crippen LogP contribution in [-0.4, -0.2) is 26.2 Å². The molecule has 5 N–H and O–H groups in total. The minimum atomic E-state index is -0.618. The summed E-state index contributed by atoms with van der Waals surface area (Å²) in [5.41, 5.74) is 2.97. The Kier molecular flexibility index (Phi) is 4.10. The Morgan fingerprint density at radius 2 is 1.79 bits per heavy atom. The van der Waals surface area contributed by atoms with Gasteiger partial charge in [0.15, 0.2) is 6.04 Å². The minimum absolute atomic E-state index is 0.182. The van der Waals surface area contributed by atoms with Gasteiger partial charge >= 0.3 is 5.69 Å². The van der Waals surface area contributed by atoms with Crippen LogP contribution in [0.1, 0.15) is 28.4 Å². The van der Waals surface area contributed by atoms with E-state index in [4.69, 9.17) is 0 Å². The van der Waals surface area contributed by atoms with Crippen molar-refractivity contribution in [2.75, 3.05) is 6.54 Å². The van der Waals surface area contributed by atoms with Gasteiger partial charge in [-0.15, -0.1) is 0 Å². The molecule has 0 amide bonds. The van der Waals surface area contributed by atoms with Gasteiger partial charge in [0, 0.05) is 17.3 Å². The number of nitrogens with one attached hydrogen (secondary N) is 2. The van der Waals surface area contributed by atoms with Crippen molar-refractivity contribution in [3.8, 4) is 5.88 Å². The quantitative estimate of drug-likeness (QED) is 0.420. The molecule has 0 unspecified atom stereocenters. The van der Waals surface area contributed by atoms with Gasteiger partial charge in [-0.25, -0.2) is 4.79 Å². The van der Waals surface area contributed by atoms with Gasteiger partial charge in [-0.3, -0.25) is 14.3 Å². The van der Waals surface area contributed by atoms with Gasteiger partial charge in [-0.2, -0.15) is 0 Å². The minimum Gasteiger partial charge on any atom is -0.494 e. The fourth-order valence-electron chi connectivity index (χ4n) is 4.30. The number of para-hydroxylation sites is 1. The maximum absolute atomic E-state index is 12.7.